The molecular weight excluding hydrogens is 341 g/mol. The van der Waals surface area contributed by atoms with E-state index in [1.807, 2.05) is 11.0 Å². The smallest absolute Gasteiger partial charge is 0.415 e. The molecule has 9 heteroatoms. The van der Waals surface area contributed by atoms with Crippen LogP contribution >= 0.6 is 0 Å². The van der Waals surface area contributed by atoms with Crippen LogP contribution in [0.15, 0.2) is 24.5 Å². The van der Waals surface area contributed by atoms with E-state index < -0.39 is 6.09 Å². The van der Waals surface area contributed by atoms with Gasteiger partial charge >= 0.3 is 6.09 Å². The molecule has 0 N–H and O–H groups in total. The van der Waals surface area contributed by atoms with E-state index in [-0.39, 0.29) is 24.1 Å². The van der Waals surface area contributed by atoms with Gasteiger partial charge < -0.3 is 14.4 Å². The second-order valence-corrected chi connectivity index (χ2v) is 6.88. The van der Waals surface area contributed by atoms with Crippen LogP contribution in [0.2, 0.25) is 0 Å². The lowest BCUT2D eigenvalue weighted by atomic mass is 10.0. The Balaban J connectivity index is 1.41. The average Bonchev–Trinajstić information content (AvgIpc) is 3.26. The predicted molar refractivity (Wildman–Crippen MR) is 89.7 cm³/mol. The number of benzene rings is 1. The van der Waals surface area contributed by atoms with E-state index in [2.05, 4.69) is 10.3 Å². The molecule has 2 saturated heterocycles. The van der Waals surface area contributed by atoms with Gasteiger partial charge in [0.15, 0.2) is 0 Å². The molecule has 5 rings (SSSR count). The van der Waals surface area contributed by atoms with Crippen LogP contribution in [-0.2, 0) is 22.4 Å². The van der Waals surface area contributed by atoms with Gasteiger partial charge in [0.05, 0.1) is 36.3 Å². The Morgan fingerprint density at radius 2 is 2.19 bits per heavy atom. The van der Waals surface area contributed by atoms with Crippen LogP contribution in [0.5, 0.6) is 0 Å². The lowest BCUT2D eigenvalue weighted by Crippen LogP contribution is -2.52. The molecule has 136 valence electrons. The maximum Gasteiger partial charge on any atom is 0.415 e. The summed E-state index contributed by atoms with van der Waals surface area (Å²) >= 11 is 0. The molecule has 0 bridgehead atoms. The molecule has 3 aliphatic rings. The van der Waals surface area contributed by atoms with E-state index in [1.54, 1.807) is 29.1 Å². The number of anilines is 2. The van der Waals surface area contributed by atoms with Gasteiger partial charge in [-0.25, -0.2) is 13.9 Å². The van der Waals surface area contributed by atoms with Crippen LogP contribution in [0.1, 0.15) is 5.56 Å². The zero-order valence-corrected chi connectivity index (χ0v) is 14.2. The Kier molecular flexibility index (Phi) is 3.39. The highest BCUT2D eigenvalue weighted by Crippen LogP contribution is 2.42. The SMILES string of the molecule is COC1CN(c2cc3c(cc2F)N2C(=O)O[C@@H](Cn4ccnn4)[C@@H]2C3)C1. The minimum absolute atomic E-state index is 0.146. The maximum atomic E-state index is 14.7. The van der Waals surface area contributed by atoms with Gasteiger partial charge in [0.1, 0.15) is 11.9 Å². The summed E-state index contributed by atoms with van der Waals surface area (Å²) in [4.78, 5) is 15.9. The Morgan fingerprint density at radius 1 is 1.35 bits per heavy atom. The van der Waals surface area contributed by atoms with Crippen LogP contribution in [0, 0.1) is 5.82 Å². The fourth-order valence-electron chi connectivity index (χ4n) is 3.97. The van der Waals surface area contributed by atoms with Crippen molar-refractivity contribution in [3.63, 3.8) is 0 Å². The van der Waals surface area contributed by atoms with Crippen molar-refractivity contribution >= 4 is 17.5 Å². The van der Waals surface area contributed by atoms with Crippen LogP contribution < -0.4 is 9.80 Å². The number of nitrogens with zero attached hydrogens (tertiary/aromatic N) is 5. The molecule has 0 unspecified atom stereocenters. The molecule has 1 amide bonds. The van der Waals surface area contributed by atoms with Crippen molar-refractivity contribution in [2.45, 2.75) is 31.2 Å². The zero-order valence-electron chi connectivity index (χ0n) is 14.2. The highest BCUT2D eigenvalue weighted by Gasteiger charge is 2.48. The number of amides is 1. The van der Waals surface area contributed by atoms with Gasteiger partial charge in [-0.3, -0.25) is 4.90 Å². The standard InChI is InChI=1S/C17H18FN5O3/c1-25-11-7-21(8-11)14-4-10-5-15-16(9-22-3-2-19-20-22)26-17(24)23(15)13(10)6-12(14)18/h2-4,6,11,15-16H,5,7-9H2,1H3/t15-,16-/m0/s1. The summed E-state index contributed by atoms with van der Waals surface area (Å²) in [6.45, 7) is 1.78. The third-order valence-corrected chi connectivity index (χ3v) is 5.41. The van der Waals surface area contributed by atoms with Crippen LogP contribution in [-0.4, -0.2) is 59.5 Å². The molecule has 26 heavy (non-hydrogen) atoms. The summed E-state index contributed by atoms with van der Waals surface area (Å²) in [5.74, 6) is -0.327. The topological polar surface area (TPSA) is 72.7 Å². The normalized spacial score (nSPS) is 24.5. The molecule has 2 aromatic rings. The molecule has 4 heterocycles. The summed E-state index contributed by atoms with van der Waals surface area (Å²) in [7, 11) is 1.66. The molecule has 8 nitrogen and oxygen atoms in total. The van der Waals surface area contributed by atoms with E-state index in [9.17, 15) is 9.18 Å². The summed E-state index contributed by atoms with van der Waals surface area (Å²) in [6, 6.07) is 3.15. The number of halogens is 1. The van der Waals surface area contributed by atoms with Crippen molar-refractivity contribution < 1.29 is 18.7 Å². The number of methoxy groups -OCH3 is 1. The van der Waals surface area contributed by atoms with E-state index in [0.717, 1.165) is 5.56 Å². The number of cyclic esters (lactones) is 1. The minimum atomic E-state index is -0.436. The van der Waals surface area contributed by atoms with Gasteiger partial charge in [0.25, 0.3) is 0 Å². The van der Waals surface area contributed by atoms with Crippen molar-refractivity contribution in [2.24, 2.45) is 0 Å². The van der Waals surface area contributed by atoms with Gasteiger partial charge in [-0.2, -0.15) is 0 Å². The first-order valence-electron chi connectivity index (χ1n) is 8.58. The first-order valence-corrected chi connectivity index (χ1v) is 8.58. The van der Waals surface area contributed by atoms with Gasteiger partial charge in [0, 0.05) is 32.5 Å². The van der Waals surface area contributed by atoms with Gasteiger partial charge in [0.2, 0.25) is 0 Å². The molecule has 0 saturated carbocycles. The highest BCUT2D eigenvalue weighted by atomic mass is 19.1. The molecule has 0 spiro atoms. The summed E-state index contributed by atoms with van der Waals surface area (Å²) in [6.07, 6.45) is 3.31. The van der Waals surface area contributed by atoms with E-state index in [1.165, 1.54) is 6.07 Å². The number of carbonyl (C=O) groups excluding carboxylic acids is 1. The average molecular weight is 359 g/mol. The zero-order chi connectivity index (χ0) is 17.8. The van der Waals surface area contributed by atoms with Crippen LogP contribution in [0.3, 0.4) is 0 Å². The monoisotopic (exact) mass is 359 g/mol. The number of aromatic nitrogens is 3. The van der Waals surface area contributed by atoms with E-state index >= 15 is 0 Å². The van der Waals surface area contributed by atoms with Crippen LogP contribution in [0.4, 0.5) is 20.6 Å². The first-order chi connectivity index (χ1) is 12.6. The molecule has 1 aromatic heterocycles. The van der Waals surface area contributed by atoms with E-state index in [0.29, 0.717) is 37.4 Å². The lowest BCUT2D eigenvalue weighted by Gasteiger charge is -2.40. The number of carbonyl (C=O) groups is 1. The summed E-state index contributed by atoms with van der Waals surface area (Å²) < 4.78 is 27.0. The van der Waals surface area contributed by atoms with Gasteiger partial charge in [-0.15, -0.1) is 5.10 Å². The second kappa shape index (κ2) is 5.66. The number of hydrogen-bond donors (Lipinski definition) is 0. The van der Waals surface area contributed by atoms with Crippen molar-refractivity contribution in [1.29, 1.82) is 0 Å². The number of rotatable bonds is 4. The van der Waals surface area contributed by atoms with Crippen molar-refractivity contribution in [1.82, 2.24) is 15.0 Å². The number of fused-ring (bicyclic) bond motifs is 3. The molecule has 2 fully saturated rings. The quantitative estimate of drug-likeness (QED) is 0.817. The summed E-state index contributed by atoms with van der Waals surface area (Å²) in [5.41, 5.74) is 2.14. The number of hydrogen-bond acceptors (Lipinski definition) is 6. The van der Waals surface area contributed by atoms with Crippen molar-refractivity contribution in [3.05, 3.63) is 35.9 Å². The first kappa shape index (κ1) is 15.6. The third-order valence-electron chi connectivity index (χ3n) is 5.41. The second-order valence-electron chi connectivity index (χ2n) is 6.88. The summed E-state index contributed by atoms with van der Waals surface area (Å²) in [5, 5.41) is 7.71. The third kappa shape index (κ3) is 2.27. The molecular formula is C17H18FN5O3. The highest BCUT2D eigenvalue weighted by molar-refractivity contribution is 5.94. The molecule has 0 aliphatic carbocycles. The van der Waals surface area contributed by atoms with Crippen molar-refractivity contribution in [3.8, 4) is 0 Å². The Hall–Kier alpha value is -2.68. The maximum absolute atomic E-state index is 14.7. The Bertz CT molecular complexity index is 852. The fourth-order valence-corrected chi connectivity index (χ4v) is 3.97. The molecule has 0 radical (unpaired) electrons. The number of ether oxygens (including phenoxy) is 2. The largest absolute Gasteiger partial charge is 0.442 e. The Labute approximate surface area is 149 Å². The predicted octanol–water partition coefficient (Wildman–Crippen LogP) is 1.20. The fraction of sp³-hybridized carbons (Fsp3) is 0.471. The Morgan fingerprint density at radius 3 is 2.92 bits per heavy atom. The van der Waals surface area contributed by atoms with E-state index in [4.69, 9.17) is 9.47 Å². The minimum Gasteiger partial charge on any atom is -0.442 e. The molecule has 2 atom stereocenters. The van der Waals surface area contributed by atoms with Crippen LogP contribution in [0.25, 0.3) is 0 Å². The van der Waals surface area contributed by atoms with Gasteiger partial charge in [-0.05, 0) is 18.1 Å². The van der Waals surface area contributed by atoms with Gasteiger partial charge in [-0.1, -0.05) is 5.21 Å². The lowest BCUT2D eigenvalue weighted by molar-refractivity contribution is 0.0784. The van der Waals surface area contributed by atoms with Crippen molar-refractivity contribution in [2.75, 3.05) is 30.0 Å². The molecule has 3 aliphatic heterocycles. The molecule has 1 aromatic carbocycles.